The Morgan fingerprint density at radius 1 is 1.50 bits per heavy atom. The second-order valence-electron chi connectivity index (χ2n) is 4.42. The number of halogens is 1. The highest BCUT2D eigenvalue weighted by Gasteiger charge is 2.07. The van der Waals surface area contributed by atoms with Crippen LogP contribution in [-0.2, 0) is 11.3 Å². The molecule has 2 N–H and O–H groups in total. The minimum Gasteiger partial charge on any atom is -0.384 e. The summed E-state index contributed by atoms with van der Waals surface area (Å²) < 4.78 is 13.2. The molecule has 0 spiro atoms. The van der Waals surface area contributed by atoms with E-state index < -0.39 is 0 Å². The second-order valence-corrected chi connectivity index (χ2v) is 4.42. The molecule has 0 fully saturated rings. The SMILES string of the molecule is CNC(=O)CCN(C)Cc1ccc(F)cc1C#CCO. The zero-order chi connectivity index (χ0) is 15.0. The Morgan fingerprint density at radius 2 is 2.25 bits per heavy atom. The molecular formula is C15H19FN2O2. The molecule has 1 aromatic rings. The average Bonchev–Trinajstić information content (AvgIpc) is 2.44. The lowest BCUT2D eigenvalue weighted by molar-refractivity contribution is -0.120. The summed E-state index contributed by atoms with van der Waals surface area (Å²) in [6, 6.07) is 4.41. The van der Waals surface area contributed by atoms with E-state index in [1.807, 2.05) is 11.9 Å². The van der Waals surface area contributed by atoms with Crippen LogP contribution < -0.4 is 5.32 Å². The lowest BCUT2D eigenvalue weighted by atomic mass is 10.1. The Kier molecular flexibility index (Phi) is 6.71. The van der Waals surface area contributed by atoms with Crippen LogP contribution in [0.25, 0.3) is 0 Å². The highest BCUT2D eigenvalue weighted by atomic mass is 19.1. The molecule has 1 rings (SSSR count). The molecule has 0 bridgehead atoms. The molecule has 0 unspecified atom stereocenters. The van der Waals surface area contributed by atoms with E-state index in [9.17, 15) is 9.18 Å². The van der Waals surface area contributed by atoms with Crippen LogP contribution in [0.1, 0.15) is 17.5 Å². The average molecular weight is 278 g/mol. The quantitative estimate of drug-likeness (QED) is 0.781. The summed E-state index contributed by atoms with van der Waals surface area (Å²) in [4.78, 5) is 13.1. The van der Waals surface area contributed by atoms with Crippen LogP contribution in [0.5, 0.6) is 0 Å². The van der Waals surface area contributed by atoms with Crippen LogP contribution in [0.2, 0.25) is 0 Å². The summed E-state index contributed by atoms with van der Waals surface area (Å²) in [6.07, 6.45) is 0.409. The third-order valence-corrected chi connectivity index (χ3v) is 2.81. The first-order valence-corrected chi connectivity index (χ1v) is 6.34. The maximum absolute atomic E-state index is 13.2. The molecular weight excluding hydrogens is 259 g/mol. The zero-order valence-corrected chi connectivity index (χ0v) is 11.7. The molecule has 1 amide bonds. The van der Waals surface area contributed by atoms with Crippen LogP contribution in [0.15, 0.2) is 18.2 Å². The van der Waals surface area contributed by atoms with E-state index in [0.29, 0.717) is 25.1 Å². The number of rotatable bonds is 5. The van der Waals surface area contributed by atoms with Crippen molar-refractivity contribution < 1.29 is 14.3 Å². The molecule has 4 nitrogen and oxygen atoms in total. The van der Waals surface area contributed by atoms with Gasteiger partial charge in [-0.05, 0) is 24.7 Å². The zero-order valence-electron chi connectivity index (χ0n) is 11.7. The van der Waals surface area contributed by atoms with Gasteiger partial charge >= 0.3 is 0 Å². The number of amides is 1. The number of aliphatic hydroxyl groups excluding tert-OH is 1. The van der Waals surface area contributed by atoms with Gasteiger partial charge in [-0.1, -0.05) is 17.9 Å². The van der Waals surface area contributed by atoms with Gasteiger partial charge in [0, 0.05) is 32.1 Å². The number of nitrogens with zero attached hydrogens (tertiary/aromatic N) is 1. The van der Waals surface area contributed by atoms with Crippen LogP contribution in [-0.4, -0.2) is 43.2 Å². The predicted octanol–water partition coefficient (Wildman–Crippen LogP) is 0.737. The van der Waals surface area contributed by atoms with E-state index in [1.165, 1.54) is 12.1 Å². The maximum Gasteiger partial charge on any atom is 0.221 e. The van der Waals surface area contributed by atoms with Crippen LogP contribution in [0.3, 0.4) is 0 Å². The molecule has 0 aliphatic rings. The van der Waals surface area contributed by atoms with Gasteiger partial charge in [0.05, 0.1) is 0 Å². The molecule has 5 heteroatoms. The number of hydrogen-bond acceptors (Lipinski definition) is 3. The molecule has 0 aromatic heterocycles. The molecule has 0 radical (unpaired) electrons. The van der Waals surface area contributed by atoms with E-state index >= 15 is 0 Å². The Bertz CT molecular complexity index is 520. The number of aliphatic hydroxyl groups is 1. The van der Waals surface area contributed by atoms with Gasteiger partial charge in [-0.2, -0.15) is 0 Å². The van der Waals surface area contributed by atoms with E-state index in [4.69, 9.17) is 5.11 Å². The van der Waals surface area contributed by atoms with Gasteiger partial charge in [-0.25, -0.2) is 4.39 Å². The Hall–Kier alpha value is -1.90. The summed E-state index contributed by atoms with van der Waals surface area (Å²) in [5, 5.41) is 11.3. The minimum absolute atomic E-state index is 0.0174. The van der Waals surface area contributed by atoms with Gasteiger partial charge in [-0.3, -0.25) is 4.79 Å². The van der Waals surface area contributed by atoms with E-state index in [2.05, 4.69) is 17.2 Å². The van der Waals surface area contributed by atoms with E-state index in [-0.39, 0.29) is 18.3 Å². The highest BCUT2D eigenvalue weighted by molar-refractivity contribution is 5.75. The number of carbonyl (C=O) groups excluding carboxylic acids is 1. The summed E-state index contributed by atoms with van der Waals surface area (Å²) >= 11 is 0. The van der Waals surface area contributed by atoms with Gasteiger partial charge in [0.25, 0.3) is 0 Å². The van der Waals surface area contributed by atoms with Gasteiger partial charge in [0.1, 0.15) is 12.4 Å². The smallest absolute Gasteiger partial charge is 0.221 e. The lowest BCUT2D eigenvalue weighted by Crippen LogP contribution is -2.26. The molecule has 0 saturated heterocycles. The Labute approximate surface area is 118 Å². The fourth-order valence-corrected chi connectivity index (χ4v) is 1.72. The normalized spacial score (nSPS) is 10.1. The van der Waals surface area contributed by atoms with Crippen molar-refractivity contribution in [3.63, 3.8) is 0 Å². The Morgan fingerprint density at radius 3 is 2.90 bits per heavy atom. The van der Waals surface area contributed by atoms with Gasteiger partial charge in [0.15, 0.2) is 0 Å². The van der Waals surface area contributed by atoms with Crippen molar-refractivity contribution in [3.05, 3.63) is 35.1 Å². The summed E-state index contributed by atoms with van der Waals surface area (Å²) in [5.41, 5.74) is 1.43. The van der Waals surface area contributed by atoms with Gasteiger partial charge in [-0.15, -0.1) is 0 Å². The molecule has 0 aliphatic heterocycles. The summed E-state index contributed by atoms with van der Waals surface area (Å²) in [6.45, 7) is 0.902. The molecule has 108 valence electrons. The van der Waals surface area contributed by atoms with Gasteiger partial charge < -0.3 is 15.3 Å². The van der Waals surface area contributed by atoms with Crippen molar-refractivity contribution in [3.8, 4) is 11.8 Å². The summed E-state index contributed by atoms with van der Waals surface area (Å²) in [5.74, 6) is 4.89. The van der Waals surface area contributed by atoms with Crippen molar-refractivity contribution >= 4 is 5.91 Å². The highest BCUT2D eigenvalue weighted by Crippen LogP contribution is 2.12. The van der Waals surface area contributed by atoms with Crippen molar-refractivity contribution in [2.75, 3.05) is 27.2 Å². The van der Waals surface area contributed by atoms with Crippen molar-refractivity contribution in [2.45, 2.75) is 13.0 Å². The summed E-state index contributed by atoms with van der Waals surface area (Å²) in [7, 11) is 3.49. The van der Waals surface area contributed by atoms with Crippen LogP contribution >= 0.6 is 0 Å². The second kappa shape index (κ2) is 8.31. The van der Waals surface area contributed by atoms with Crippen molar-refractivity contribution in [1.82, 2.24) is 10.2 Å². The van der Waals surface area contributed by atoms with Crippen LogP contribution in [0.4, 0.5) is 4.39 Å². The lowest BCUT2D eigenvalue weighted by Gasteiger charge is -2.17. The van der Waals surface area contributed by atoms with Crippen molar-refractivity contribution in [1.29, 1.82) is 0 Å². The van der Waals surface area contributed by atoms with Gasteiger partial charge in [0.2, 0.25) is 5.91 Å². The largest absolute Gasteiger partial charge is 0.384 e. The molecule has 0 aliphatic carbocycles. The molecule has 1 aromatic carbocycles. The maximum atomic E-state index is 13.2. The molecule has 0 heterocycles. The predicted molar refractivity (Wildman–Crippen MR) is 75.4 cm³/mol. The molecule has 0 saturated carbocycles. The fourth-order valence-electron chi connectivity index (χ4n) is 1.72. The monoisotopic (exact) mass is 278 g/mol. The number of nitrogens with one attached hydrogen (secondary N) is 1. The first-order valence-electron chi connectivity index (χ1n) is 6.34. The number of carbonyl (C=O) groups is 1. The topological polar surface area (TPSA) is 52.6 Å². The number of benzene rings is 1. The third-order valence-electron chi connectivity index (χ3n) is 2.81. The van der Waals surface area contributed by atoms with Crippen molar-refractivity contribution in [2.24, 2.45) is 0 Å². The van der Waals surface area contributed by atoms with E-state index in [0.717, 1.165) is 5.56 Å². The Balaban J connectivity index is 2.73. The first-order chi connectivity index (χ1) is 9.56. The third kappa shape index (κ3) is 5.39. The standard InChI is InChI=1S/C15H19FN2O2/c1-17-15(20)7-8-18(2)11-13-5-6-14(16)10-12(13)4-3-9-19/h5-6,10,19H,7-9,11H2,1-2H3,(H,17,20). The first kappa shape index (κ1) is 16.2. The number of hydrogen-bond donors (Lipinski definition) is 2. The minimum atomic E-state index is -0.357. The fraction of sp³-hybridized carbons (Fsp3) is 0.400. The van der Waals surface area contributed by atoms with E-state index in [1.54, 1.807) is 13.1 Å². The molecule has 0 atom stereocenters. The molecule has 20 heavy (non-hydrogen) atoms. The van der Waals surface area contributed by atoms with Crippen LogP contribution in [0, 0.1) is 17.7 Å².